The zero-order valence-electron chi connectivity index (χ0n) is 12.1. The van der Waals surface area contributed by atoms with Gasteiger partial charge in [-0.3, -0.25) is 9.59 Å². The summed E-state index contributed by atoms with van der Waals surface area (Å²) in [4.78, 5) is 23.6. The first-order chi connectivity index (χ1) is 10.2. The van der Waals surface area contributed by atoms with Gasteiger partial charge in [0.2, 0.25) is 0 Å². The molecule has 4 heteroatoms. The average molecular weight is 284 g/mol. The predicted molar refractivity (Wildman–Crippen MR) is 79.9 cm³/mol. The van der Waals surface area contributed by atoms with Crippen LogP contribution in [0.15, 0.2) is 24.3 Å². The highest BCUT2D eigenvalue weighted by molar-refractivity contribution is 5.99. The Morgan fingerprint density at radius 1 is 1.10 bits per heavy atom. The van der Waals surface area contributed by atoms with Crippen molar-refractivity contribution in [3.05, 3.63) is 35.4 Å². The Morgan fingerprint density at radius 2 is 1.71 bits per heavy atom. The van der Waals surface area contributed by atoms with Gasteiger partial charge < -0.3 is 5.32 Å². The number of amides is 1. The van der Waals surface area contributed by atoms with Crippen molar-refractivity contribution in [3.8, 4) is 6.07 Å². The molecular weight excluding hydrogens is 264 g/mol. The van der Waals surface area contributed by atoms with Crippen LogP contribution in [-0.2, 0) is 0 Å². The van der Waals surface area contributed by atoms with Crippen LogP contribution in [-0.4, -0.2) is 18.2 Å². The summed E-state index contributed by atoms with van der Waals surface area (Å²) in [7, 11) is 0. The van der Waals surface area contributed by atoms with Crippen LogP contribution in [0.2, 0.25) is 0 Å². The molecule has 1 fully saturated rings. The second-order valence-electron chi connectivity index (χ2n) is 5.55. The number of carbonyl (C=O) groups excluding carboxylic acids is 2. The van der Waals surface area contributed by atoms with E-state index in [1.165, 1.54) is 32.1 Å². The molecule has 0 heterocycles. The number of Topliss-reactive ketones (excluding diaryl/α,β-unsaturated/α-hetero) is 1. The maximum absolute atomic E-state index is 12.0. The number of benzene rings is 1. The molecule has 0 aliphatic heterocycles. The van der Waals surface area contributed by atoms with Crippen LogP contribution >= 0.6 is 0 Å². The SMILES string of the molecule is N#CCC(=O)c1ccc(C(=O)NCC2CCCCC2)cc1. The van der Waals surface area contributed by atoms with E-state index in [0.717, 1.165) is 6.54 Å². The Bertz CT molecular complexity index is 537. The molecule has 0 atom stereocenters. The van der Waals surface area contributed by atoms with Crippen molar-refractivity contribution in [2.24, 2.45) is 5.92 Å². The second kappa shape index (κ2) is 7.58. The van der Waals surface area contributed by atoms with E-state index in [0.29, 0.717) is 17.0 Å². The molecule has 4 nitrogen and oxygen atoms in total. The van der Waals surface area contributed by atoms with Crippen molar-refractivity contribution >= 4 is 11.7 Å². The minimum absolute atomic E-state index is 0.0974. The lowest BCUT2D eigenvalue weighted by molar-refractivity contribution is 0.0941. The van der Waals surface area contributed by atoms with E-state index >= 15 is 0 Å². The summed E-state index contributed by atoms with van der Waals surface area (Å²) >= 11 is 0. The number of nitrogens with zero attached hydrogens (tertiary/aromatic N) is 1. The van der Waals surface area contributed by atoms with Gasteiger partial charge in [-0.2, -0.15) is 5.26 Å². The summed E-state index contributed by atoms with van der Waals surface area (Å²) in [6.07, 6.45) is 6.09. The quantitative estimate of drug-likeness (QED) is 0.845. The zero-order chi connectivity index (χ0) is 15.1. The molecule has 1 saturated carbocycles. The van der Waals surface area contributed by atoms with E-state index in [-0.39, 0.29) is 18.1 Å². The molecule has 1 aliphatic carbocycles. The van der Waals surface area contributed by atoms with Crippen LogP contribution in [0, 0.1) is 17.2 Å². The van der Waals surface area contributed by atoms with E-state index in [9.17, 15) is 9.59 Å². The molecule has 110 valence electrons. The lowest BCUT2D eigenvalue weighted by atomic mass is 9.89. The molecule has 1 aromatic carbocycles. The van der Waals surface area contributed by atoms with Crippen LogP contribution in [0.4, 0.5) is 0 Å². The molecule has 0 spiro atoms. The lowest BCUT2D eigenvalue weighted by Crippen LogP contribution is -2.30. The van der Waals surface area contributed by atoms with Crippen LogP contribution in [0.5, 0.6) is 0 Å². The van der Waals surface area contributed by atoms with Crippen molar-refractivity contribution < 1.29 is 9.59 Å². The Kier molecular flexibility index (Phi) is 5.51. The van der Waals surface area contributed by atoms with Crippen molar-refractivity contribution in [3.63, 3.8) is 0 Å². The molecule has 0 radical (unpaired) electrons. The summed E-state index contributed by atoms with van der Waals surface area (Å²) in [5, 5.41) is 11.5. The van der Waals surface area contributed by atoms with E-state index in [4.69, 9.17) is 5.26 Å². The number of rotatable bonds is 5. The van der Waals surface area contributed by atoms with Crippen LogP contribution in [0.3, 0.4) is 0 Å². The highest BCUT2D eigenvalue weighted by Crippen LogP contribution is 2.22. The number of nitriles is 1. The number of nitrogens with one attached hydrogen (secondary N) is 1. The largest absolute Gasteiger partial charge is 0.352 e. The van der Waals surface area contributed by atoms with Gasteiger partial charge in [0.1, 0.15) is 0 Å². The number of hydrogen-bond donors (Lipinski definition) is 1. The number of hydrogen-bond acceptors (Lipinski definition) is 3. The van der Waals surface area contributed by atoms with E-state index in [1.54, 1.807) is 24.3 Å². The monoisotopic (exact) mass is 284 g/mol. The van der Waals surface area contributed by atoms with Gasteiger partial charge in [-0.05, 0) is 30.9 Å². The maximum atomic E-state index is 12.0. The predicted octanol–water partition coefficient (Wildman–Crippen LogP) is 3.09. The van der Waals surface area contributed by atoms with E-state index in [2.05, 4.69) is 5.32 Å². The smallest absolute Gasteiger partial charge is 0.251 e. The summed E-state index contributed by atoms with van der Waals surface area (Å²) in [5.41, 5.74) is 1.03. The first-order valence-corrected chi connectivity index (χ1v) is 7.49. The maximum Gasteiger partial charge on any atom is 0.251 e. The number of carbonyl (C=O) groups is 2. The first-order valence-electron chi connectivity index (χ1n) is 7.49. The fraction of sp³-hybridized carbons (Fsp3) is 0.471. The van der Waals surface area contributed by atoms with Gasteiger partial charge in [-0.15, -0.1) is 0 Å². The van der Waals surface area contributed by atoms with Gasteiger partial charge in [0, 0.05) is 17.7 Å². The zero-order valence-corrected chi connectivity index (χ0v) is 12.1. The fourth-order valence-corrected chi connectivity index (χ4v) is 2.71. The van der Waals surface area contributed by atoms with Gasteiger partial charge in [-0.1, -0.05) is 31.4 Å². The average Bonchev–Trinajstić information content (AvgIpc) is 2.54. The molecule has 1 amide bonds. The van der Waals surface area contributed by atoms with Crippen LogP contribution < -0.4 is 5.32 Å². The standard InChI is InChI=1S/C17H20N2O2/c18-11-10-16(20)14-6-8-15(9-7-14)17(21)19-12-13-4-2-1-3-5-13/h6-9,13H,1-5,10,12H2,(H,19,21). The normalized spacial score (nSPS) is 15.2. The molecule has 1 aromatic rings. The Labute approximate surface area is 125 Å². The van der Waals surface area contributed by atoms with Gasteiger partial charge >= 0.3 is 0 Å². The third-order valence-electron chi connectivity index (χ3n) is 3.98. The summed E-state index contributed by atoms with van der Waals surface area (Å²) < 4.78 is 0. The Hall–Kier alpha value is -2.15. The Balaban J connectivity index is 1.87. The van der Waals surface area contributed by atoms with Crippen molar-refractivity contribution in [2.45, 2.75) is 38.5 Å². The second-order valence-corrected chi connectivity index (χ2v) is 5.55. The van der Waals surface area contributed by atoms with Crippen molar-refractivity contribution in [1.29, 1.82) is 5.26 Å². The van der Waals surface area contributed by atoms with Gasteiger partial charge in [-0.25, -0.2) is 0 Å². The molecule has 0 aromatic heterocycles. The Morgan fingerprint density at radius 3 is 2.33 bits per heavy atom. The number of ketones is 1. The minimum atomic E-state index is -0.216. The van der Waals surface area contributed by atoms with Crippen molar-refractivity contribution in [2.75, 3.05) is 6.54 Å². The molecule has 0 unspecified atom stereocenters. The van der Waals surface area contributed by atoms with Crippen molar-refractivity contribution in [1.82, 2.24) is 5.32 Å². The molecule has 0 bridgehead atoms. The minimum Gasteiger partial charge on any atom is -0.352 e. The van der Waals surface area contributed by atoms with Crippen LogP contribution in [0.25, 0.3) is 0 Å². The van der Waals surface area contributed by atoms with Crippen LogP contribution in [0.1, 0.15) is 59.2 Å². The van der Waals surface area contributed by atoms with Gasteiger partial charge in [0.15, 0.2) is 5.78 Å². The third kappa shape index (κ3) is 4.42. The van der Waals surface area contributed by atoms with E-state index < -0.39 is 0 Å². The van der Waals surface area contributed by atoms with Gasteiger partial charge in [0.25, 0.3) is 5.91 Å². The molecule has 21 heavy (non-hydrogen) atoms. The topological polar surface area (TPSA) is 70.0 Å². The lowest BCUT2D eigenvalue weighted by Gasteiger charge is -2.21. The van der Waals surface area contributed by atoms with Gasteiger partial charge in [0.05, 0.1) is 12.5 Å². The fourth-order valence-electron chi connectivity index (χ4n) is 2.71. The first kappa shape index (κ1) is 15.2. The molecule has 2 rings (SSSR count). The molecular formula is C17H20N2O2. The highest BCUT2D eigenvalue weighted by Gasteiger charge is 2.15. The molecule has 1 aliphatic rings. The summed E-state index contributed by atoms with van der Waals surface area (Å²) in [5.74, 6) is 0.283. The molecule has 0 saturated heterocycles. The summed E-state index contributed by atoms with van der Waals surface area (Å²) in [6.45, 7) is 0.730. The third-order valence-corrected chi connectivity index (χ3v) is 3.98. The summed E-state index contributed by atoms with van der Waals surface area (Å²) in [6, 6.07) is 8.32. The van der Waals surface area contributed by atoms with E-state index in [1.807, 2.05) is 6.07 Å². The highest BCUT2D eigenvalue weighted by atomic mass is 16.1. The molecule has 1 N–H and O–H groups in total.